The third-order valence-electron chi connectivity index (χ3n) is 6.73. The lowest BCUT2D eigenvalue weighted by Gasteiger charge is -2.24. The number of carbonyl (C=O) groups is 1. The number of amides is 1. The average molecular weight is 538 g/mol. The van der Waals surface area contributed by atoms with Gasteiger partial charge in [-0.3, -0.25) is 19.3 Å². The number of hydrogen-bond acceptors (Lipinski definition) is 8. The quantitative estimate of drug-likeness (QED) is 0.280. The molecular weight excluding hydrogens is 508 g/mol. The molecule has 3 N–H and O–H groups in total. The molecule has 0 aliphatic carbocycles. The van der Waals surface area contributed by atoms with Crippen molar-refractivity contribution in [1.29, 1.82) is 0 Å². The number of halogens is 2. The summed E-state index contributed by atoms with van der Waals surface area (Å²) in [6.07, 6.45) is 7.18. The van der Waals surface area contributed by atoms with E-state index in [9.17, 15) is 14.3 Å². The lowest BCUT2D eigenvalue weighted by Crippen LogP contribution is -2.33. The molecule has 0 unspecified atom stereocenters. The molecule has 204 valence electrons. The van der Waals surface area contributed by atoms with Gasteiger partial charge in [-0.1, -0.05) is 6.07 Å². The molecular formula is C27H29F2N7O3. The van der Waals surface area contributed by atoms with E-state index in [0.717, 1.165) is 38.4 Å². The molecule has 1 fully saturated rings. The summed E-state index contributed by atoms with van der Waals surface area (Å²) < 4.78 is 36.6. The number of aliphatic hydroxyl groups excluding tert-OH is 1. The van der Waals surface area contributed by atoms with E-state index in [1.807, 2.05) is 0 Å². The first-order valence-electron chi connectivity index (χ1n) is 12.7. The maximum Gasteiger partial charge on any atom is 0.239 e. The molecule has 12 heteroatoms. The number of benzene rings is 2. The summed E-state index contributed by atoms with van der Waals surface area (Å²) in [6, 6.07) is 9.39. The summed E-state index contributed by atoms with van der Waals surface area (Å²) in [5.41, 5.74) is 6.09. The van der Waals surface area contributed by atoms with E-state index in [1.54, 1.807) is 18.2 Å². The number of nitrogens with zero attached hydrogens (tertiary/aromatic N) is 6. The number of rotatable bonds is 11. The summed E-state index contributed by atoms with van der Waals surface area (Å²) >= 11 is 0. The van der Waals surface area contributed by atoms with Crippen LogP contribution in [0.25, 0.3) is 10.9 Å². The monoisotopic (exact) mass is 537 g/mol. The molecule has 0 spiro atoms. The molecule has 1 aliphatic rings. The Morgan fingerprint density at radius 3 is 2.92 bits per heavy atom. The van der Waals surface area contributed by atoms with Gasteiger partial charge in [0.05, 0.1) is 36.3 Å². The second kappa shape index (κ2) is 11.7. The second-order valence-electron chi connectivity index (χ2n) is 9.36. The molecule has 0 saturated carbocycles. The molecule has 4 aromatic rings. The van der Waals surface area contributed by atoms with Crippen LogP contribution in [0.4, 0.5) is 26.0 Å². The maximum absolute atomic E-state index is 15.0. The predicted molar refractivity (Wildman–Crippen MR) is 141 cm³/mol. The Bertz CT molecular complexity index is 1460. The fraction of sp³-hybridized carbons (Fsp3) is 0.333. The fourth-order valence-corrected chi connectivity index (χ4v) is 4.90. The molecule has 1 amide bonds. The Kier molecular flexibility index (Phi) is 7.94. The Balaban J connectivity index is 1.42. The highest BCUT2D eigenvalue weighted by atomic mass is 19.2. The van der Waals surface area contributed by atoms with Crippen molar-refractivity contribution in [2.75, 3.05) is 31.2 Å². The SMILES string of the molecule is NC(=O)Cn1cc(N(c2cccc(F)c2F)c2ncnc3cc(OCCCN4CCC[C@@H]4CO)ccc23)cn1. The van der Waals surface area contributed by atoms with Crippen molar-refractivity contribution in [2.45, 2.75) is 31.8 Å². The number of ether oxygens (including phenoxy) is 1. The van der Waals surface area contributed by atoms with Crippen molar-refractivity contribution in [2.24, 2.45) is 5.73 Å². The number of aromatic nitrogens is 4. The van der Waals surface area contributed by atoms with Crippen LogP contribution in [0.1, 0.15) is 19.3 Å². The van der Waals surface area contributed by atoms with Crippen molar-refractivity contribution in [3.8, 4) is 5.75 Å². The maximum atomic E-state index is 15.0. The van der Waals surface area contributed by atoms with E-state index < -0.39 is 17.5 Å². The van der Waals surface area contributed by atoms with Crippen LogP contribution in [0, 0.1) is 11.6 Å². The van der Waals surface area contributed by atoms with Gasteiger partial charge in [-0.05, 0) is 50.1 Å². The van der Waals surface area contributed by atoms with Crippen molar-refractivity contribution in [1.82, 2.24) is 24.6 Å². The molecule has 1 aliphatic heterocycles. The molecule has 10 nitrogen and oxygen atoms in total. The number of anilines is 3. The summed E-state index contributed by atoms with van der Waals surface area (Å²) in [5, 5.41) is 14.2. The zero-order valence-corrected chi connectivity index (χ0v) is 21.2. The number of carbonyl (C=O) groups excluding carboxylic acids is 1. The van der Waals surface area contributed by atoms with E-state index in [-0.39, 0.29) is 24.9 Å². The first-order valence-corrected chi connectivity index (χ1v) is 12.7. The molecule has 0 bridgehead atoms. The van der Waals surface area contributed by atoms with E-state index in [4.69, 9.17) is 10.5 Å². The lowest BCUT2D eigenvalue weighted by atomic mass is 10.2. The number of nitrogens with two attached hydrogens (primary N) is 1. The Morgan fingerprint density at radius 2 is 2.10 bits per heavy atom. The minimum absolute atomic E-state index is 0.0861. The number of likely N-dealkylation sites (tertiary alicyclic amines) is 1. The Labute approximate surface area is 223 Å². The van der Waals surface area contributed by atoms with Crippen LogP contribution in [-0.4, -0.2) is 68.0 Å². The van der Waals surface area contributed by atoms with E-state index >= 15 is 4.39 Å². The third-order valence-corrected chi connectivity index (χ3v) is 6.73. The molecule has 2 aromatic heterocycles. The minimum atomic E-state index is -1.06. The lowest BCUT2D eigenvalue weighted by molar-refractivity contribution is -0.118. The number of primary amides is 1. The van der Waals surface area contributed by atoms with Gasteiger partial charge in [-0.25, -0.2) is 18.7 Å². The number of fused-ring (bicyclic) bond motifs is 1. The summed E-state index contributed by atoms with van der Waals surface area (Å²) in [7, 11) is 0. The minimum Gasteiger partial charge on any atom is -0.493 e. The van der Waals surface area contributed by atoms with Gasteiger partial charge in [0.15, 0.2) is 11.6 Å². The molecule has 1 saturated heterocycles. The number of aliphatic hydroxyl groups is 1. The van der Waals surface area contributed by atoms with Gasteiger partial charge >= 0.3 is 0 Å². The predicted octanol–water partition coefficient (Wildman–Crippen LogP) is 3.29. The van der Waals surface area contributed by atoms with Gasteiger partial charge in [-0.15, -0.1) is 0 Å². The van der Waals surface area contributed by atoms with Crippen LogP contribution < -0.4 is 15.4 Å². The number of hydrogen-bond donors (Lipinski definition) is 2. The van der Waals surface area contributed by atoms with Crippen LogP contribution in [0.3, 0.4) is 0 Å². The standard InChI is InChI=1S/C27H29F2N7O3/c28-22-5-1-6-24(26(22)29)36(19-13-33-35(14-19)15-25(30)38)27-21-8-7-20(12-23(21)31-17-32-27)39-11-3-10-34-9-2-4-18(34)16-37/h1,5-8,12-14,17-18,37H,2-4,9-11,15-16H2,(H2,30,38)/t18-/m1/s1. The highest BCUT2D eigenvalue weighted by molar-refractivity contribution is 5.95. The largest absolute Gasteiger partial charge is 0.493 e. The summed E-state index contributed by atoms with van der Waals surface area (Å²) in [6.45, 7) is 2.34. The molecule has 0 radical (unpaired) electrons. The van der Waals surface area contributed by atoms with Crippen molar-refractivity contribution >= 4 is 34.0 Å². The summed E-state index contributed by atoms with van der Waals surface area (Å²) in [4.78, 5) is 23.8. The average Bonchev–Trinajstić information content (AvgIpc) is 3.58. The molecule has 39 heavy (non-hydrogen) atoms. The highest BCUT2D eigenvalue weighted by Gasteiger charge is 2.24. The first kappa shape index (κ1) is 26.4. The van der Waals surface area contributed by atoms with Crippen LogP contribution in [0.15, 0.2) is 55.1 Å². The van der Waals surface area contributed by atoms with Gasteiger partial charge < -0.3 is 15.6 Å². The Hall–Kier alpha value is -4.16. The van der Waals surface area contributed by atoms with Crippen molar-refractivity contribution in [3.63, 3.8) is 0 Å². The van der Waals surface area contributed by atoms with E-state index in [2.05, 4.69) is 20.0 Å². The first-order chi connectivity index (χ1) is 18.9. The highest BCUT2D eigenvalue weighted by Crippen LogP contribution is 2.39. The van der Waals surface area contributed by atoms with Crippen LogP contribution in [0.5, 0.6) is 5.75 Å². The van der Waals surface area contributed by atoms with Gasteiger partial charge in [0.1, 0.15) is 24.4 Å². The van der Waals surface area contributed by atoms with Gasteiger partial charge in [-0.2, -0.15) is 5.10 Å². The van der Waals surface area contributed by atoms with E-state index in [1.165, 1.54) is 40.4 Å². The van der Waals surface area contributed by atoms with E-state index in [0.29, 0.717) is 34.8 Å². The second-order valence-corrected chi connectivity index (χ2v) is 9.36. The zero-order chi connectivity index (χ0) is 27.4. The molecule has 2 aromatic carbocycles. The fourth-order valence-electron chi connectivity index (χ4n) is 4.90. The zero-order valence-electron chi connectivity index (χ0n) is 21.2. The van der Waals surface area contributed by atoms with Crippen LogP contribution >= 0.6 is 0 Å². The van der Waals surface area contributed by atoms with Crippen molar-refractivity contribution in [3.05, 3.63) is 66.8 Å². The normalized spacial score (nSPS) is 15.6. The molecule has 1 atom stereocenters. The molecule has 5 rings (SSSR count). The van der Waals surface area contributed by atoms with Crippen molar-refractivity contribution < 1.29 is 23.4 Å². The summed E-state index contributed by atoms with van der Waals surface area (Å²) in [5.74, 6) is -1.77. The van der Waals surface area contributed by atoms with Gasteiger partial charge in [0.25, 0.3) is 0 Å². The molecule has 3 heterocycles. The van der Waals surface area contributed by atoms with Crippen LogP contribution in [-0.2, 0) is 11.3 Å². The van der Waals surface area contributed by atoms with Gasteiger partial charge in [0.2, 0.25) is 5.91 Å². The Morgan fingerprint density at radius 1 is 1.23 bits per heavy atom. The van der Waals surface area contributed by atoms with Crippen LogP contribution in [0.2, 0.25) is 0 Å². The van der Waals surface area contributed by atoms with Gasteiger partial charge in [0, 0.05) is 30.2 Å². The third kappa shape index (κ3) is 5.81. The topological polar surface area (TPSA) is 123 Å². The smallest absolute Gasteiger partial charge is 0.239 e.